The lowest BCUT2D eigenvalue weighted by atomic mass is 10.0. The number of ether oxygens (including phenoxy) is 1. The van der Waals surface area contributed by atoms with Gasteiger partial charge in [-0.15, -0.1) is 0 Å². The van der Waals surface area contributed by atoms with E-state index in [1.54, 1.807) is 0 Å². The van der Waals surface area contributed by atoms with E-state index in [2.05, 4.69) is 46.2 Å². The molecule has 0 aromatic rings. The van der Waals surface area contributed by atoms with Crippen molar-refractivity contribution in [3.63, 3.8) is 0 Å². The molecule has 6 heteroatoms. The van der Waals surface area contributed by atoms with Crippen molar-refractivity contribution < 1.29 is 4.74 Å². The van der Waals surface area contributed by atoms with Gasteiger partial charge >= 0.3 is 0 Å². The fourth-order valence-corrected chi connectivity index (χ4v) is 3.88. The second-order valence-electron chi connectivity index (χ2n) is 8.25. The molecule has 2 aliphatic heterocycles. The monoisotopic (exact) mass is 337 g/mol. The van der Waals surface area contributed by atoms with Crippen molar-refractivity contribution >= 4 is 5.96 Å². The molecule has 0 radical (unpaired) electrons. The van der Waals surface area contributed by atoms with Crippen LogP contribution in [-0.4, -0.2) is 86.4 Å². The van der Waals surface area contributed by atoms with E-state index in [0.29, 0.717) is 12.0 Å². The molecule has 24 heavy (non-hydrogen) atoms. The number of guanidine groups is 1. The summed E-state index contributed by atoms with van der Waals surface area (Å²) in [6, 6.07) is 1.36. The standard InChI is InChI=1S/C18H35N5O/c1-14-11-22(15-5-6-15)12-16(14)21-17(19-4)20-13-18(2,3)23-7-9-24-10-8-23/h14-16H,5-13H2,1-4H3,(H2,19,20,21). The molecule has 138 valence electrons. The Morgan fingerprint density at radius 2 is 1.92 bits per heavy atom. The van der Waals surface area contributed by atoms with Gasteiger partial charge in [-0.05, 0) is 32.6 Å². The molecule has 0 bridgehead atoms. The highest BCUT2D eigenvalue weighted by Crippen LogP contribution is 2.31. The van der Waals surface area contributed by atoms with Gasteiger partial charge in [0.05, 0.1) is 13.2 Å². The first kappa shape index (κ1) is 18.0. The number of hydrogen-bond acceptors (Lipinski definition) is 4. The van der Waals surface area contributed by atoms with Gasteiger partial charge in [0, 0.05) is 57.4 Å². The van der Waals surface area contributed by atoms with E-state index >= 15 is 0 Å². The van der Waals surface area contributed by atoms with Crippen LogP contribution in [0, 0.1) is 5.92 Å². The number of rotatable bonds is 5. The second-order valence-corrected chi connectivity index (χ2v) is 8.25. The number of nitrogens with one attached hydrogen (secondary N) is 2. The van der Waals surface area contributed by atoms with Gasteiger partial charge in [0.15, 0.2) is 5.96 Å². The van der Waals surface area contributed by atoms with E-state index in [4.69, 9.17) is 4.74 Å². The highest BCUT2D eigenvalue weighted by Gasteiger charge is 2.38. The Kier molecular flexibility index (Phi) is 5.67. The van der Waals surface area contributed by atoms with E-state index in [0.717, 1.165) is 51.4 Å². The van der Waals surface area contributed by atoms with Gasteiger partial charge < -0.3 is 15.4 Å². The van der Waals surface area contributed by atoms with Gasteiger partial charge in [0.1, 0.15) is 0 Å². The number of hydrogen-bond donors (Lipinski definition) is 2. The zero-order chi connectivity index (χ0) is 17.2. The normalized spacial score (nSPS) is 30.6. The molecule has 2 N–H and O–H groups in total. The number of likely N-dealkylation sites (tertiary alicyclic amines) is 1. The SMILES string of the molecule is CN=C(NCC(C)(C)N1CCOCC1)NC1CN(C2CC2)CC1C. The largest absolute Gasteiger partial charge is 0.379 e. The molecule has 2 atom stereocenters. The summed E-state index contributed by atoms with van der Waals surface area (Å²) in [4.78, 5) is 9.60. The summed E-state index contributed by atoms with van der Waals surface area (Å²) >= 11 is 0. The van der Waals surface area contributed by atoms with Gasteiger partial charge in [0.25, 0.3) is 0 Å². The maximum Gasteiger partial charge on any atom is 0.191 e. The fourth-order valence-electron chi connectivity index (χ4n) is 3.88. The fraction of sp³-hybridized carbons (Fsp3) is 0.944. The highest BCUT2D eigenvalue weighted by molar-refractivity contribution is 5.80. The molecule has 0 amide bonds. The van der Waals surface area contributed by atoms with Crippen LogP contribution in [0.5, 0.6) is 0 Å². The zero-order valence-corrected chi connectivity index (χ0v) is 15.8. The molecule has 3 rings (SSSR count). The molecule has 0 spiro atoms. The molecule has 0 aromatic carbocycles. The van der Waals surface area contributed by atoms with Gasteiger partial charge in [-0.3, -0.25) is 14.8 Å². The average molecular weight is 338 g/mol. The van der Waals surface area contributed by atoms with Gasteiger partial charge in [-0.1, -0.05) is 6.92 Å². The van der Waals surface area contributed by atoms with Crippen LogP contribution in [0.3, 0.4) is 0 Å². The van der Waals surface area contributed by atoms with E-state index in [9.17, 15) is 0 Å². The highest BCUT2D eigenvalue weighted by atomic mass is 16.5. The lowest BCUT2D eigenvalue weighted by Crippen LogP contribution is -2.57. The molecule has 3 aliphatic rings. The maximum atomic E-state index is 5.47. The summed E-state index contributed by atoms with van der Waals surface area (Å²) in [5, 5.41) is 7.21. The minimum atomic E-state index is 0.0999. The van der Waals surface area contributed by atoms with Gasteiger partial charge in [0.2, 0.25) is 0 Å². The Hall–Kier alpha value is -0.850. The molecule has 2 unspecified atom stereocenters. The van der Waals surface area contributed by atoms with Crippen molar-refractivity contribution in [2.24, 2.45) is 10.9 Å². The first-order valence-electron chi connectivity index (χ1n) is 9.53. The summed E-state index contributed by atoms with van der Waals surface area (Å²) in [5.74, 6) is 1.61. The Balaban J connectivity index is 1.47. The van der Waals surface area contributed by atoms with Crippen LogP contribution in [0.2, 0.25) is 0 Å². The molecule has 2 saturated heterocycles. The van der Waals surface area contributed by atoms with E-state index < -0.39 is 0 Å². The number of aliphatic imine (C=N–C) groups is 1. The van der Waals surface area contributed by atoms with E-state index in [1.165, 1.54) is 19.4 Å². The quantitative estimate of drug-likeness (QED) is 0.573. The van der Waals surface area contributed by atoms with Crippen molar-refractivity contribution in [1.29, 1.82) is 0 Å². The molecule has 2 heterocycles. The summed E-state index contributed by atoms with van der Waals surface area (Å²) < 4.78 is 5.47. The minimum absolute atomic E-state index is 0.0999. The third-order valence-corrected chi connectivity index (χ3v) is 5.81. The molecular formula is C18H35N5O. The van der Waals surface area contributed by atoms with Crippen LogP contribution in [0.4, 0.5) is 0 Å². The topological polar surface area (TPSA) is 52.1 Å². The van der Waals surface area contributed by atoms with E-state index in [1.807, 2.05) is 7.05 Å². The Bertz CT molecular complexity index is 443. The van der Waals surface area contributed by atoms with Crippen molar-refractivity contribution in [2.75, 3.05) is 53.0 Å². The third-order valence-electron chi connectivity index (χ3n) is 5.81. The molecule has 3 fully saturated rings. The molecular weight excluding hydrogens is 302 g/mol. The lowest BCUT2D eigenvalue weighted by Gasteiger charge is -2.41. The van der Waals surface area contributed by atoms with Gasteiger partial charge in [-0.25, -0.2) is 0 Å². The Morgan fingerprint density at radius 1 is 1.21 bits per heavy atom. The lowest BCUT2D eigenvalue weighted by molar-refractivity contribution is -0.00835. The van der Waals surface area contributed by atoms with E-state index in [-0.39, 0.29) is 5.54 Å². The van der Waals surface area contributed by atoms with Crippen LogP contribution < -0.4 is 10.6 Å². The second kappa shape index (κ2) is 7.58. The smallest absolute Gasteiger partial charge is 0.191 e. The molecule has 1 aliphatic carbocycles. The average Bonchev–Trinajstić information content (AvgIpc) is 3.37. The zero-order valence-electron chi connectivity index (χ0n) is 15.8. The summed E-state index contributed by atoms with van der Waals surface area (Å²) in [7, 11) is 1.87. The number of nitrogens with zero attached hydrogens (tertiary/aromatic N) is 3. The summed E-state index contributed by atoms with van der Waals surface area (Å²) in [5.41, 5.74) is 0.0999. The van der Waals surface area contributed by atoms with Crippen molar-refractivity contribution in [1.82, 2.24) is 20.4 Å². The van der Waals surface area contributed by atoms with Gasteiger partial charge in [-0.2, -0.15) is 0 Å². The predicted molar refractivity (Wildman–Crippen MR) is 98.5 cm³/mol. The Labute approximate surface area is 147 Å². The first-order valence-corrected chi connectivity index (χ1v) is 9.53. The molecule has 0 aromatic heterocycles. The number of morpholine rings is 1. The molecule has 6 nitrogen and oxygen atoms in total. The van der Waals surface area contributed by atoms with Crippen LogP contribution in [-0.2, 0) is 4.74 Å². The van der Waals surface area contributed by atoms with Crippen LogP contribution in [0.1, 0.15) is 33.6 Å². The minimum Gasteiger partial charge on any atom is -0.379 e. The van der Waals surface area contributed by atoms with Crippen LogP contribution in [0.15, 0.2) is 4.99 Å². The third kappa shape index (κ3) is 4.41. The van der Waals surface area contributed by atoms with Crippen LogP contribution in [0.25, 0.3) is 0 Å². The Morgan fingerprint density at radius 3 is 2.54 bits per heavy atom. The summed E-state index contributed by atoms with van der Waals surface area (Å²) in [6.07, 6.45) is 2.78. The van der Waals surface area contributed by atoms with Crippen molar-refractivity contribution in [3.8, 4) is 0 Å². The first-order chi connectivity index (χ1) is 11.5. The maximum absolute atomic E-state index is 5.47. The summed E-state index contributed by atoms with van der Waals surface area (Å²) in [6.45, 7) is 13.9. The van der Waals surface area contributed by atoms with Crippen LogP contribution >= 0.6 is 0 Å². The molecule has 1 saturated carbocycles. The van der Waals surface area contributed by atoms with Crippen molar-refractivity contribution in [3.05, 3.63) is 0 Å². The predicted octanol–water partition coefficient (Wildman–Crippen LogP) is 0.745. The van der Waals surface area contributed by atoms with Crippen molar-refractivity contribution in [2.45, 2.75) is 51.2 Å².